The van der Waals surface area contributed by atoms with Gasteiger partial charge in [-0.25, -0.2) is 9.59 Å². The first-order valence-electron chi connectivity index (χ1n) is 7.41. The number of aromatic nitrogens is 1. The third kappa shape index (κ3) is 2.07. The molecular weight excluding hydrogens is 310 g/mol. The number of carbonyl (C=O) groups excluding carboxylic acids is 1. The molecule has 2 aromatic heterocycles. The van der Waals surface area contributed by atoms with E-state index in [1.807, 2.05) is 6.07 Å². The zero-order valence-corrected chi connectivity index (χ0v) is 12.8. The number of benzene rings is 1. The van der Waals surface area contributed by atoms with E-state index in [1.54, 1.807) is 42.7 Å². The van der Waals surface area contributed by atoms with Crippen molar-refractivity contribution in [3.05, 3.63) is 70.3 Å². The predicted molar refractivity (Wildman–Crippen MR) is 85.0 cm³/mol. The second-order valence-corrected chi connectivity index (χ2v) is 5.45. The Kier molecular flexibility index (Phi) is 3.30. The largest absolute Gasteiger partial charge is 0.476 e. The van der Waals surface area contributed by atoms with Crippen LogP contribution >= 0.6 is 0 Å². The number of nitrogens with zero attached hydrogens (tertiary/aromatic N) is 1. The number of fused-ring (bicyclic) bond motifs is 3. The number of esters is 1. The first-order valence-corrected chi connectivity index (χ1v) is 7.41. The molecule has 0 fully saturated rings. The quantitative estimate of drug-likeness (QED) is 0.532. The number of hydrogen-bond donors (Lipinski definition) is 0. The molecule has 0 saturated heterocycles. The highest BCUT2D eigenvalue weighted by Gasteiger charge is 2.44. The molecule has 6 nitrogen and oxygen atoms in total. The Morgan fingerprint density at radius 1 is 1.21 bits per heavy atom. The van der Waals surface area contributed by atoms with Gasteiger partial charge in [0.05, 0.1) is 24.0 Å². The van der Waals surface area contributed by atoms with E-state index in [9.17, 15) is 9.59 Å². The lowest BCUT2D eigenvalue weighted by molar-refractivity contribution is -0.148. The minimum Gasteiger partial charge on any atom is -0.476 e. The van der Waals surface area contributed by atoms with Gasteiger partial charge in [0.1, 0.15) is 11.3 Å². The topological polar surface area (TPSA) is 78.6 Å². The van der Waals surface area contributed by atoms with Crippen LogP contribution in [0.15, 0.2) is 58.0 Å². The van der Waals surface area contributed by atoms with Crippen LogP contribution in [0.25, 0.3) is 11.0 Å². The Labute approximate surface area is 136 Å². The highest BCUT2D eigenvalue weighted by atomic mass is 16.6. The summed E-state index contributed by atoms with van der Waals surface area (Å²) < 4.78 is 16.1. The molecule has 1 aliphatic rings. The average Bonchev–Trinajstić information content (AvgIpc) is 3.03. The van der Waals surface area contributed by atoms with Gasteiger partial charge in [-0.2, -0.15) is 0 Å². The third-order valence-electron chi connectivity index (χ3n) is 4.13. The number of pyridine rings is 1. The fourth-order valence-corrected chi connectivity index (χ4v) is 3.08. The summed E-state index contributed by atoms with van der Waals surface area (Å²) in [6.45, 7) is 0. The summed E-state index contributed by atoms with van der Waals surface area (Å²) in [4.78, 5) is 28.8. The summed E-state index contributed by atoms with van der Waals surface area (Å²) in [6, 6.07) is 10.6. The first-order chi connectivity index (χ1) is 11.7. The van der Waals surface area contributed by atoms with Crippen LogP contribution < -0.4 is 10.4 Å². The Balaban J connectivity index is 2.00. The third-order valence-corrected chi connectivity index (χ3v) is 4.13. The van der Waals surface area contributed by atoms with Crippen molar-refractivity contribution in [2.45, 2.75) is 12.0 Å². The number of carbonyl (C=O) groups is 1. The Bertz CT molecular complexity index is 980. The van der Waals surface area contributed by atoms with Crippen molar-refractivity contribution in [1.82, 2.24) is 4.98 Å². The molecule has 0 amide bonds. The zero-order chi connectivity index (χ0) is 16.7. The maximum absolute atomic E-state index is 12.5. The van der Waals surface area contributed by atoms with Gasteiger partial charge in [0.25, 0.3) is 0 Å². The molecule has 4 rings (SSSR count). The smallest absolute Gasteiger partial charge is 0.348 e. The van der Waals surface area contributed by atoms with Crippen molar-refractivity contribution in [3.8, 4) is 5.75 Å². The van der Waals surface area contributed by atoms with Crippen LogP contribution in [0.2, 0.25) is 0 Å². The van der Waals surface area contributed by atoms with Gasteiger partial charge in [-0.1, -0.05) is 18.2 Å². The van der Waals surface area contributed by atoms with Crippen molar-refractivity contribution >= 4 is 16.9 Å². The number of para-hydroxylation sites is 1. The van der Waals surface area contributed by atoms with Crippen molar-refractivity contribution in [2.24, 2.45) is 0 Å². The second kappa shape index (κ2) is 5.49. The number of rotatable bonds is 2. The van der Waals surface area contributed by atoms with Crippen LogP contribution in [-0.4, -0.2) is 24.2 Å². The molecular formula is C18H13NO5. The molecule has 0 radical (unpaired) electrons. The van der Waals surface area contributed by atoms with E-state index in [-0.39, 0.29) is 0 Å². The van der Waals surface area contributed by atoms with Gasteiger partial charge >= 0.3 is 11.6 Å². The van der Waals surface area contributed by atoms with Crippen LogP contribution in [0.1, 0.15) is 17.0 Å². The molecule has 0 unspecified atom stereocenters. The van der Waals surface area contributed by atoms with E-state index < -0.39 is 23.6 Å². The molecule has 0 aliphatic carbocycles. The van der Waals surface area contributed by atoms with Crippen molar-refractivity contribution < 1.29 is 18.7 Å². The molecule has 1 aliphatic heterocycles. The standard InChI is InChI=1S/C18H13NO5/c1-22-18(21)16-13(10-5-4-8-19-9-10)14-15(24-16)11-6-2-3-7-12(11)23-17(14)20/h2-9,13,16H,1H3/t13-,16-/m1/s1. The molecule has 0 saturated carbocycles. The van der Waals surface area contributed by atoms with Gasteiger partial charge < -0.3 is 13.9 Å². The summed E-state index contributed by atoms with van der Waals surface area (Å²) in [6.07, 6.45) is 2.27. The summed E-state index contributed by atoms with van der Waals surface area (Å²) >= 11 is 0. The summed E-state index contributed by atoms with van der Waals surface area (Å²) in [5.74, 6) is -0.809. The van der Waals surface area contributed by atoms with Crippen molar-refractivity contribution in [1.29, 1.82) is 0 Å². The molecule has 0 N–H and O–H groups in total. The van der Waals surface area contributed by atoms with Crippen LogP contribution in [-0.2, 0) is 9.53 Å². The first kappa shape index (κ1) is 14.4. The predicted octanol–water partition coefficient (Wildman–Crippen LogP) is 2.25. The summed E-state index contributed by atoms with van der Waals surface area (Å²) in [5.41, 5.74) is 0.895. The lowest BCUT2D eigenvalue weighted by atomic mass is 9.89. The number of hydrogen-bond acceptors (Lipinski definition) is 6. The van der Waals surface area contributed by atoms with Gasteiger partial charge in [-0.05, 0) is 23.8 Å². The second-order valence-electron chi connectivity index (χ2n) is 5.45. The minimum absolute atomic E-state index is 0.317. The van der Waals surface area contributed by atoms with E-state index in [0.29, 0.717) is 27.8 Å². The van der Waals surface area contributed by atoms with E-state index in [0.717, 1.165) is 0 Å². The monoisotopic (exact) mass is 323 g/mol. The molecule has 24 heavy (non-hydrogen) atoms. The lowest BCUT2D eigenvalue weighted by Crippen LogP contribution is -2.31. The van der Waals surface area contributed by atoms with Gasteiger partial charge in [0.15, 0.2) is 0 Å². The molecule has 3 heterocycles. The van der Waals surface area contributed by atoms with Gasteiger partial charge in [0, 0.05) is 12.4 Å². The SMILES string of the molecule is COC(=O)[C@@H]1Oc2c(c(=O)oc3ccccc23)[C@H]1c1cccnc1. The molecule has 3 aromatic rings. The van der Waals surface area contributed by atoms with E-state index in [4.69, 9.17) is 13.9 Å². The van der Waals surface area contributed by atoms with Crippen molar-refractivity contribution in [2.75, 3.05) is 7.11 Å². The van der Waals surface area contributed by atoms with Crippen LogP contribution in [0, 0.1) is 0 Å². The minimum atomic E-state index is -0.956. The Hall–Kier alpha value is -3.15. The maximum atomic E-state index is 12.5. The maximum Gasteiger partial charge on any atom is 0.348 e. The molecule has 120 valence electrons. The summed E-state index contributed by atoms with van der Waals surface area (Å²) in [5, 5.41) is 0.646. The van der Waals surface area contributed by atoms with Gasteiger partial charge in [-0.15, -0.1) is 0 Å². The normalized spacial score (nSPS) is 18.9. The molecule has 0 bridgehead atoms. The van der Waals surface area contributed by atoms with E-state index in [2.05, 4.69) is 4.98 Å². The van der Waals surface area contributed by atoms with Gasteiger partial charge in [-0.3, -0.25) is 4.98 Å². The summed E-state index contributed by atoms with van der Waals surface area (Å²) in [7, 11) is 1.29. The van der Waals surface area contributed by atoms with E-state index in [1.165, 1.54) is 7.11 Å². The van der Waals surface area contributed by atoms with E-state index >= 15 is 0 Å². The highest BCUT2D eigenvalue weighted by Crippen LogP contribution is 2.44. The van der Waals surface area contributed by atoms with Crippen molar-refractivity contribution in [3.63, 3.8) is 0 Å². The Morgan fingerprint density at radius 2 is 2.04 bits per heavy atom. The van der Waals surface area contributed by atoms with Crippen LogP contribution in [0.5, 0.6) is 5.75 Å². The molecule has 1 aromatic carbocycles. The zero-order valence-electron chi connectivity index (χ0n) is 12.8. The highest BCUT2D eigenvalue weighted by molar-refractivity contribution is 5.88. The molecule has 6 heteroatoms. The fourth-order valence-electron chi connectivity index (χ4n) is 3.08. The lowest BCUT2D eigenvalue weighted by Gasteiger charge is -2.16. The number of ether oxygens (including phenoxy) is 2. The number of methoxy groups -OCH3 is 1. The van der Waals surface area contributed by atoms with Crippen LogP contribution in [0.3, 0.4) is 0 Å². The Morgan fingerprint density at radius 3 is 2.79 bits per heavy atom. The average molecular weight is 323 g/mol. The molecule has 2 atom stereocenters. The fraction of sp³-hybridized carbons (Fsp3) is 0.167. The molecule has 0 spiro atoms. The van der Waals surface area contributed by atoms with Gasteiger partial charge in [0.2, 0.25) is 6.10 Å². The van der Waals surface area contributed by atoms with Crippen LogP contribution in [0.4, 0.5) is 0 Å².